The van der Waals surface area contributed by atoms with Crippen LogP contribution in [-0.4, -0.2) is 11.6 Å². The van der Waals surface area contributed by atoms with Gasteiger partial charge in [-0.2, -0.15) is 0 Å². The van der Waals surface area contributed by atoms with Crippen molar-refractivity contribution in [2.24, 2.45) is 0 Å². The third-order valence-corrected chi connectivity index (χ3v) is 5.05. The van der Waals surface area contributed by atoms with E-state index in [1.165, 1.54) is 17.7 Å². The molecule has 4 aromatic rings. The minimum atomic E-state index is -0.222. The lowest BCUT2D eigenvalue weighted by molar-refractivity contribution is 0.316. The first-order valence-corrected chi connectivity index (χ1v) is 10.6. The molecule has 1 aromatic heterocycles. The zero-order valence-corrected chi connectivity index (χ0v) is 17.6. The molecule has 0 saturated carbocycles. The molecule has 0 aliphatic heterocycles. The highest BCUT2D eigenvalue weighted by atomic mass is 19.1. The second-order valence-corrected chi connectivity index (χ2v) is 7.49. The zero-order chi connectivity index (χ0) is 21.5. The van der Waals surface area contributed by atoms with Crippen LogP contribution >= 0.6 is 0 Å². The number of hydrogen-bond donors (Lipinski definition) is 0. The Morgan fingerprint density at radius 2 is 1.55 bits per heavy atom. The average molecular weight is 410 g/mol. The summed E-state index contributed by atoms with van der Waals surface area (Å²) in [6.45, 7) is 2.81. The topological polar surface area (TPSA) is 22.1 Å². The molecule has 31 heavy (non-hydrogen) atoms. The molecule has 0 bridgehead atoms. The summed E-state index contributed by atoms with van der Waals surface area (Å²) in [5.74, 6) is 7.01. The molecule has 0 aliphatic rings. The molecule has 0 radical (unpaired) electrons. The molecule has 0 aliphatic carbocycles. The van der Waals surface area contributed by atoms with Crippen LogP contribution in [0.25, 0.3) is 10.8 Å². The van der Waals surface area contributed by atoms with Crippen molar-refractivity contribution < 1.29 is 9.13 Å². The van der Waals surface area contributed by atoms with E-state index in [-0.39, 0.29) is 5.82 Å². The van der Waals surface area contributed by atoms with Crippen molar-refractivity contribution in [1.82, 2.24) is 4.98 Å². The fraction of sp³-hybridized carbons (Fsp3) is 0.179. The molecule has 4 rings (SSSR count). The Hall–Kier alpha value is -3.64. The number of hydrogen-bond acceptors (Lipinski definition) is 2. The van der Waals surface area contributed by atoms with Crippen molar-refractivity contribution in [3.05, 3.63) is 107 Å². The molecule has 0 saturated heterocycles. The Balaban J connectivity index is 1.36. The number of aromatic nitrogens is 1. The molecule has 0 N–H and O–H groups in total. The van der Waals surface area contributed by atoms with Gasteiger partial charge in [0.1, 0.15) is 11.6 Å². The molecule has 154 valence electrons. The lowest BCUT2D eigenvalue weighted by Gasteiger charge is -2.05. The van der Waals surface area contributed by atoms with Gasteiger partial charge in [0.15, 0.2) is 0 Å². The summed E-state index contributed by atoms with van der Waals surface area (Å²) in [5.41, 5.74) is 4.20. The van der Waals surface area contributed by atoms with Crippen molar-refractivity contribution in [2.75, 3.05) is 6.61 Å². The number of benzene rings is 3. The number of halogens is 1. The van der Waals surface area contributed by atoms with Crippen LogP contribution in [0.2, 0.25) is 0 Å². The van der Waals surface area contributed by atoms with E-state index in [4.69, 9.17) is 4.74 Å². The fourth-order valence-electron chi connectivity index (χ4n) is 3.33. The summed E-state index contributed by atoms with van der Waals surface area (Å²) in [5, 5.41) is 1.87. The molecule has 0 atom stereocenters. The smallest absolute Gasteiger partial charge is 0.137 e. The van der Waals surface area contributed by atoms with Crippen LogP contribution in [0.4, 0.5) is 4.39 Å². The number of aryl methyl sites for hydroxylation is 2. The lowest BCUT2D eigenvalue weighted by atomic mass is 10.0. The second kappa shape index (κ2) is 9.91. The van der Waals surface area contributed by atoms with Crippen molar-refractivity contribution in [3.8, 4) is 17.6 Å². The number of fused-ring (bicyclic) bond motifs is 1. The molecule has 3 aromatic carbocycles. The van der Waals surface area contributed by atoms with Gasteiger partial charge >= 0.3 is 0 Å². The molecular formula is C28H24FNO. The largest absolute Gasteiger partial charge is 0.492 e. The lowest BCUT2D eigenvalue weighted by Crippen LogP contribution is -1.98. The highest BCUT2D eigenvalue weighted by molar-refractivity contribution is 5.83. The molecule has 3 heteroatoms. The van der Waals surface area contributed by atoms with E-state index in [0.29, 0.717) is 0 Å². The normalized spacial score (nSPS) is 10.5. The highest BCUT2D eigenvalue weighted by Crippen LogP contribution is 2.17. The molecular weight excluding hydrogens is 385 g/mol. The van der Waals surface area contributed by atoms with Gasteiger partial charge in [0, 0.05) is 16.8 Å². The number of nitrogens with zero attached hydrogens (tertiary/aromatic N) is 1. The maximum absolute atomic E-state index is 13.3. The van der Waals surface area contributed by atoms with Gasteiger partial charge in [0.25, 0.3) is 0 Å². The highest BCUT2D eigenvalue weighted by Gasteiger charge is 2.00. The van der Waals surface area contributed by atoms with Gasteiger partial charge in [-0.05, 0) is 84.1 Å². The van der Waals surface area contributed by atoms with E-state index in [0.717, 1.165) is 59.2 Å². The molecule has 0 amide bonds. The first-order chi connectivity index (χ1) is 15.2. The van der Waals surface area contributed by atoms with Crippen LogP contribution in [0.3, 0.4) is 0 Å². The Kier molecular flexibility index (Phi) is 6.59. The van der Waals surface area contributed by atoms with Gasteiger partial charge in [-0.25, -0.2) is 4.39 Å². The van der Waals surface area contributed by atoms with Crippen molar-refractivity contribution in [1.29, 1.82) is 0 Å². The summed E-state index contributed by atoms with van der Waals surface area (Å²) in [6.07, 6.45) is 4.60. The van der Waals surface area contributed by atoms with E-state index in [2.05, 4.69) is 35.9 Å². The average Bonchev–Trinajstić information content (AvgIpc) is 2.81. The third-order valence-electron chi connectivity index (χ3n) is 5.05. The summed E-state index contributed by atoms with van der Waals surface area (Å²) >= 11 is 0. The molecule has 0 fully saturated rings. The van der Waals surface area contributed by atoms with E-state index >= 15 is 0 Å². The SMILES string of the molecule is CCCOc1ccc(CCc2ccc(C#Cc3ccc4cc(F)ccc4c3)cc2)nc1. The first kappa shape index (κ1) is 20.6. The summed E-state index contributed by atoms with van der Waals surface area (Å²) in [7, 11) is 0. The first-order valence-electron chi connectivity index (χ1n) is 10.6. The molecule has 0 unspecified atom stereocenters. The van der Waals surface area contributed by atoms with Gasteiger partial charge in [-0.3, -0.25) is 4.98 Å². The zero-order valence-electron chi connectivity index (χ0n) is 17.6. The Morgan fingerprint density at radius 1 is 0.806 bits per heavy atom. The van der Waals surface area contributed by atoms with Gasteiger partial charge in [0.2, 0.25) is 0 Å². The van der Waals surface area contributed by atoms with E-state index < -0.39 is 0 Å². The van der Waals surface area contributed by atoms with E-state index in [1.54, 1.807) is 12.3 Å². The Bertz CT molecular complexity index is 1220. The van der Waals surface area contributed by atoms with Gasteiger partial charge < -0.3 is 4.74 Å². The van der Waals surface area contributed by atoms with E-state index in [1.807, 2.05) is 42.5 Å². The monoisotopic (exact) mass is 409 g/mol. The predicted molar refractivity (Wildman–Crippen MR) is 124 cm³/mol. The maximum Gasteiger partial charge on any atom is 0.137 e. The quantitative estimate of drug-likeness (QED) is 0.346. The third kappa shape index (κ3) is 5.71. The van der Waals surface area contributed by atoms with Crippen LogP contribution in [0.15, 0.2) is 79.0 Å². The van der Waals surface area contributed by atoms with E-state index in [9.17, 15) is 4.39 Å². The summed E-state index contributed by atoms with van der Waals surface area (Å²) in [4.78, 5) is 4.49. The second-order valence-electron chi connectivity index (χ2n) is 7.49. The molecule has 2 nitrogen and oxygen atoms in total. The van der Waals surface area contributed by atoms with Crippen molar-refractivity contribution in [3.63, 3.8) is 0 Å². The minimum absolute atomic E-state index is 0.222. The fourth-order valence-corrected chi connectivity index (χ4v) is 3.33. The minimum Gasteiger partial charge on any atom is -0.492 e. The number of rotatable bonds is 6. The maximum atomic E-state index is 13.3. The van der Waals surface area contributed by atoms with Crippen molar-refractivity contribution >= 4 is 10.8 Å². The van der Waals surface area contributed by atoms with Gasteiger partial charge in [-0.15, -0.1) is 0 Å². The van der Waals surface area contributed by atoms with Gasteiger partial charge in [-0.1, -0.05) is 43.0 Å². The van der Waals surface area contributed by atoms with Crippen LogP contribution in [0.5, 0.6) is 5.75 Å². The molecule has 0 spiro atoms. The standard InChI is InChI=1S/C28H24FNO/c1-2-17-31-28-16-15-27(30-20-28)14-10-22-5-3-21(4-6-22)7-8-23-9-11-25-19-26(29)13-12-24(25)18-23/h3-6,9,11-13,15-16,18-20H,2,10,14,17H2,1H3. The van der Waals surface area contributed by atoms with Crippen LogP contribution in [0, 0.1) is 17.7 Å². The number of ether oxygens (including phenoxy) is 1. The molecule has 1 heterocycles. The number of pyridine rings is 1. The van der Waals surface area contributed by atoms with Gasteiger partial charge in [0.05, 0.1) is 12.8 Å². The predicted octanol–water partition coefficient (Wildman–Crippen LogP) is 6.35. The Morgan fingerprint density at radius 3 is 2.32 bits per heavy atom. The van der Waals surface area contributed by atoms with Crippen molar-refractivity contribution in [2.45, 2.75) is 26.2 Å². The van der Waals surface area contributed by atoms with Crippen LogP contribution < -0.4 is 4.74 Å². The van der Waals surface area contributed by atoms with Crippen LogP contribution in [0.1, 0.15) is 35.7 Å². The Labute approximate surface area is 182 Å². The summed E-state index contributed by atoms with van der Waals surface area (Å²) < 4.78 is 18.9. The summed E-state index contributed by atoms with van der Waals surface area (Å²) in [6, 6.07) is 23.0. The van der Waals surface area contributed by atoms with Crippen LogP contribution in [-0.2, 0) is 12.8 Å².